The van der Waals surface area contributed by atoms with Crippen LogP contribution in [-0.2, 0) is 6.42 Å². The summed E-state index contributed by atoms with van der Waals surface area (Å²) in [6.45, 7) is 6.51. The molecular formula is C29H26N2O5. The zero-order chi connectivity index (χ0) is 25.6. The van der Waals surface area contributed by atoms with E-state index in [1.807, 2.05) is 36.4 Å². The summed E-state index contributed by atoms with van der Waals surface area (Å²) >= 11 is 0. The van der Waals surface area contributed by atoms with Gasteiger partial charge in [-0.15, -0.1) is 0 Å². The third kappa shape index (κ3) is 4.28. The van der Waals surface area contributed by atoms with E-state index in [1.165, 1.54) is 12.1 Å². The summed E-state index contributed by atoms with van der Waals surface area (Å²) in [6, 6.07) is 17.3. The number of carboxylic acids is 1. The summed E-state index contributed by atoms with van der Waals surface area (Å²) in [4.78, 5) is 28.1. The van der Waals surface area contributed by atoms with Crippen molar-refractivity contribution in [2.75, 3.05) is 0 Å². The monoisotopic (exact) mass is 482 g/mol. The summed E-state index contributed by atoms with van der Waals surface area (Å²) in [5.74, 6) is 0.360. The highest BCUT2D eigenvalue weighted by Crippen LogP contribution is 2.45. The molecule has 7 heteroatoms. The minimum Gasteiger partial charge on any atom is -0.478 e. The fourth-order valence-electron chi connectivity index (χ4n) is 4.91. The summed E-state index contributed by atoms with van der Waals surface area (Å²) in [5.41, 5.74) is 3.89. The first kappa shape index (κ1) is 23.5. The van der Waals surface area contributed by atoms with Crippen molar-refractivity contribution in [3.05, 3.63) is 93.4 Å². The number of fused-ring (bicyclic) bond motifs is 2. The molecule has 2 aromatic carbocycles. The molecular weight excluding hydrogens is 456 g/mol. The standard InChI is InChI=1S/C29H26N2O5/c1-29(2,3)19-13-18(15-21-11-12-25(36-21)17-7-6-8-20(14-17)31(34)35)27-23(16-19)26(28(32)33)22-9-4-5-10-24(22)30-27/h4-12,14-15,19H,13,16H2,1-3H3,(H,32,33). The number of pyridine rings is 1. The molecule has 1 aliphatic carbocycles. The number of furan rings is 1. The van der Waals surface area contributed by atoms with E-state index < -0.39 is 10.9 Å². The summed E-state index contributed by atoms with van der Waals surface area (Å²) in [5, 5.41) is 22.0. The lowest BCUT2D eigenvalue weighted by molar-refractivity contribution is -0.384. The SMILES string of the molecule is CC(C)(C)C1CC(=Cc2ccc(-c3cccc([N+](=O)[O-])c3)o2)c2nc3ccccc3c(C(=O)O)c2C1. The number of benzene rings is 2. The van der Waals surface area contributed by atoms with Gasteiger partial charge in [0.2, 0.25) is 0 Å². The molecule has 4 aromatic rings. The van der Waals surface area contributed by atoms with Gasteiger partial charge in [-0.05, 0) is 59.6 Å². The maximum atomic E-state index is 12.4. The molecule has 0 fully saturated rings. The van der Waals surface area contributed by atoms with Gasteiger partial charge in [0.15, 0.2) is 0 Å². The highest BCUT2D eigenvalue weighted by atomic mass is 16.6. The third-order valence-corrected chi connectivity index (χ3v) is 6.94. The molecule has 7 nitrogen and oxygen atoms in total. The molecule has 182 valence electrons. The molecule has 5 rings (SSSR count). The van der Waals surface area contributed by atoms with Crippen LogP contribution >= 0.6 is 0 Å². The quantitative estimate of drug-likeness (QED) is 0.242. The first-order valence-electron chi connectivity index (χ1n) is 11.8. The second-order valence-corrected chi connectivity index (χ2v) is 10.3. The molecule has 1 unspecified atom stereocenters. The Morgan fingerprint density at radius 1 is 1.11 bits per heavy atom. The van der Waals surface area contributed by atoms with Crippen LogP contribution in [-0.4, -0.2) is 21.0 Å². The highest BCUT2D eigenvalue weighted by Gasteiger charge is 2.35. The van der Waals surface area contributed by atoms with Gasteiger partial charge in [0.05, 0.1) is 21.7 Å². The molecule has 0 saturated carbocycles. The Kier molecular flexibility index (Phi) is 5.71. The van der Waals surface area contributed by atoms with Crippen molar-refractivity contribution in [3.63, 3.8) is 0 Å². The summed E-state index contributed by atoms with van der Waals surface area (Å²) in [7, 11) is 0. The van der Waals surface area contributed by atoms with Crippen LogP contribution in [0.3, 0.4) is 0 Å². The molecule has 0 radical (unpaired) electrons. The lowest BCUT2D eigenvalue weighted by Crippen LogP contribution is -2.28. The number of para-hydroxylation sites is 1. The van der Waals surface area contributed by atoms with Crippen LogP contribution in [0.2, 0.25) is 0 Å². The van der Waals surface area contributed by atoms with Crippen LogP contribution in [0.15, 0.2) is 65.1 Å². The van der Waals surface area contributed by atoms with Gasteiger partial charge in [-0.1, -0.05) is 51.1 Å². The summed E-state index contributed by atoms with van der Waals surface area (Å²) < 4.78 is 6.07. The number of hydrogen-bond acceptors (Lipinski definition) is 5. The van der Waals surface area contributed by atoms with Gasteiger partial charge in [-0.25, -0.2) is 9.78 Å². The van der Waals surface area contributed by atoms with Crippen molar-refractivity contribution in [1.29, 1.82) is 0 Å². The van der Waals surface area contributed by atoms with Gasteiger partial charge < -0.3 is 9.52 Å². The lowest BCUT2D eigenvalue weighted by Gasteiger charge is -2.36. The van der Waals surface area contributed by atoms with Crippen LogP contribution in [0.25, 0.3) is 33.9 Å². The van der Waals surface area contributed by atoms with Gasteiger partial charge in [0, 0.05) is 23.1 Å². The van der Waals surface area contributed by atoms with Crippen LogP contribution in [0.4, 0.5) is 5.69 Å². The first-order chi connectivity index (χ1) is 17.1. The van der Waals surface area contributed by atoms with Crippen molar-refractivity contribution in [3.8, 4) is 11.3 Å². The van der Waals surface area contributed by atoms with Gasteiger partial charge in [-0.2, -0.15) is 0 Å². The maximum Gasteiger partial charge on any atom is 0.336 e. The van der Waals surface area contributed by atoms with E-state index >= 15 is 0 Å². The molecule has 0 spiro atoms. The maximum absolute atomic E-state index is 12.4. The Labute approximate surface area is 208 Å². The Balaban J connectivity index is 1.65. The van der Waals surface area contributed by atoms with E-state index in [-0.39, 0.29) is 17.0 Å². The number of non-ortho nitro benzene ring substituents is 1. The van der Waals surface area contributed by atoms with E-state index in [0.717, 1.165) is 17.6 Å². The normalized spacial score (nSPS) is 16.8. The molecule has 1 aliphatic rings. The van der Waals surface area contributed by atoms with Gasteiger partial charge in [-0.3, -0.25) is 10.1 Å². The largest absolute Gasteiger partial charge is 0.478 e. The lowest BCUT2D eigenvalue weighted by atomic mass is 9.69. The average molecular weight is 483 g/mol. The second kappa shape index (κ2) is 8.75. The zero-order valence-electron chi connectivity index (χ0n) is 20.3. The van der Waals surface area contributed by atoms with Crippen LogP contribution in [0, 0.1) is 21.4 Å². The average Bonchev–Trinajstić information content (AvgIpc) is 3.30. The highest BCUT2D eigenvalue weighted by molar-refractivity contribution is 6.05. The fraction of sp³-hybridized carbons (Fsp3) is 0.241. The number of nitrogens with zero attached hydrogens (tertiary/aromatic N) is 2. The van der Waals surface area contributed by atoms with E-state index in [1.54, 1.807) is 18.2 Å². The third-order valence-electron chi connectivity index (χ3n) is 6.94. The number of aromatic carboxylic acids is 1. The minimum absolute atomic E-state index is 0.00434. The van der Waals surface area contributed by atoms with Crippen LogP contribution in [0.1, 0.15) is 54.6 Å². The predicted molar refractivity (Wildman–Crippen MR) is 139 cm³/mol. The molecule has 2 heterocycles. The van der Waals surface area contributed by atoms with Crippen molar-refractivity contribution < 1.29 is 19.2 Å². The summed E-state index contributed by atoms with van der Waals surface area (Å²) in [6.07, 6.45) is 3.28. The van der Waals surface area contributed by atoms with E-state index in [9.17, 15) is 20.0 Å². The van der Waals surface area contributed by atoms with Crippen LogP contribution < -0.4 is 0 Å². The number of rotatable bonds is 4. The topological polar surface area (TPSA) is 106 Å². The number of nitro groups is 1. The predicted octanol–water partition coefficient (Wildman–Crippen LogP) is 7.25. The van der Waals surface area contributed by atoms with Crippen molar-refractivity contribution in [1.82, 2.24) is 4.98 Å². The number of nitro benzene ring substituents is 1. The minimum atomic E-state index is -0.954. The van der Waals surface area contributed by atoms with Crippen molar-refractivity contribution >= 4 is 34.2 Å². The molecule has 1 atom stereocenters. The van der Waals surface area contributed by atoms with E-state index in [0.29, 0.717) is 45.7 Å². The molecule has 0 bridgehead atoms. The number of aromatic nitrogens is 1. The first-order valence-corrected chi connectivity index (χ1v) is 11.8. The molecule has 36 heavy (non-hydrogen) atoms. The Morgan fingerprint density at radius 3 is 2.61 bits per heavy atom. The Bertz CT molecular complexity index is 1540. The molecule has 0 saturated heterocycles. The molecule has 2 aromatic heterocycles. The van der Waals surface area contributed by atoms with Gasteiger partial charge >= 0.3 is 5.97 Å². The van der Waals surface area contributed by atoms with E-state index in [2.05, 4.69) is 20.8 Å². The zero-order valence-corrected chi connectivity index (χ0v) is 20.3. The van der Waals surface area contributed by atoms with Gasteiger partial charge in [0.1, 0.15) is 11.5 Å². The number of allylic oxidation sites excluding steroid dienone is 1. The van der Waals surface area contributed by atoms with Crippen LogP contribution in [0.5, 0.6) is 0 Å². The molecule has 1 N–H and O–H groups in total. The smallest absolute Gasteiger partial charge is 0.336 e. The Hall–Kier alpha value is -4.26. The fourth-order valence-corrected chi connectivity index (χ4v) is 4.91. The Morgan fingerprint density at radius 2 is 1.89 bits per heavy atom. The number of hydrogen-bond donors (Lipinski definition) is 1. The molecule has 0 aliphatic heterocycles. The van der Waals surface area contributed by atoms with Crippen molar-refractivity contribution in [2.24, 2.45) is 11.3 Å². The second-order valence-electron chi connectivity index (χ2n) is 10.3. The van der Waals surface area contributed by atoms with Gasteiger partial charge in [0.25, 0.3) is 5.69 Å². The van der Waals surface area contributed by atoms with Crippen molar-refractivity contribution in [2.45, 2.75) is 33.6 Å². The number of carboxylic acid groups (broad SMARTS) is 1. The van der Waals surface area contributed by atoms with E-state index in [4.69, 9.17) is 9.40 Å². The number of carbonyl (C=O) groups is 1. The molecule has 0 amide bonds.